The van der Waals surface area contributed by atoms with Crippen molar-refractivity contribution < 1.29 is 4.39 Å². The van der Waals surface area contributed by atoms with Crippen LogP contribution in [-0.4, -0.2) is 0 Å². The summed E-state index contributed by atoms with van der Waals surface area (Å²) >= 11 is 5.07. The van der Waals surface area contributed by atoms with Crippen molar-refractivity contribution in [2.75, 3.05) is 5.73 Å². The lowest BCUT2D eigenvalue weighted by Crippen LogP contribution is -2.13. The second-order valence-electron chi connectivity index (χ2n) is 3.69. The number of benzene rings is 1. The van der Waals surface area contributed by atoms with Crippen LogP contribution in [0.25, 0.3) is 0 Å². The molecule has 0 spiro atoms. The van der Waals surface area contributed by atoms with Gasteiger partial charge < -0.3 is 11.1 Å². The smallest absolute Gasteiger partial charge is 0.129 e. The zero-order valence-electron chi connectivity index (χ0n) is 9.04. The number of thiophene rings is 1. The molecular formula is C12H12BrFN2S. The van der Waals surface area contributed by atoms with E-state index >= 15 is 0 Å². The van der Waals surface area contributed by atoms with Gasteiger partial charge in [-0.2, -0.15) is 0 Å². The van der Waals surface area contributed by atoms with Crippen molar-refractivity contribution in [2.24, 2.45) is 0 Å². The molecule has 3 N–H and O–H groups in total. The van der Waals surface area contributed by atoms with E-state index in [-0.39, 0.29) is 5.82 Å². The fourth-order valence-corrected chi connectivity index (χ4v) is 2.89. The highest BCUT2D eigenvalue weighted by Gasteiger charge is 2.02. The molecule has 0 aliphatic carbocycles. The molecule has 5 heteroatoms. The van der Waals surface area contributed by atoms with Crippen molar-refractivity contribution in [1.82, 2.24) is 5.32 Å². The van der Waals surface area contributed by atoms with Gasteiger partial charge in [0.25, 0.3) is 0 Å². The zero-order chi connectivity index (χ0) is 12.3. The lowest BCUT2D eigenvalue weighted by Gasteiger charge is -2.05. The van der Waals surface area contributed by atoms with E-state index in [1.54, 1.807) is 23.5 Å². The lowest BCUT2D eigenvalue weighted by molar-refractivity contribution is 0.589. The number of halogens is 2. The van der Waals surface area contributed by atoms with Crippen molar-refractivity contribution >= 4 is 33.0 Å². The Bertz CT molecular complexity index is 513. The third-order valence-electron chi connectivity index (χ3n) is 2.31. The number of anilines is 1. The van der Waals surface area contributed by atoms with Gasteiger partial charge in [0, 0.05) is 39.1 Å². The summed E-state index contributed by atoms with van der Waals surface area (Å²) in [6, 6.07) is 6.82. The van der Waals surface area contributed by atoms with E-state index in [1.165, 1.54) is 10.9 Å². The number of nitrogen functional groups attached to an aromatic ring is 1. The van der Waals surface area contributed by atoms with E-state index in [2.05, 4.69) is 27.3 Å². The summed E-state index contributed by atoms with van der Waals surface area (Å²) in [5.74, 6) is -0.259. The van der Waals surface area contributed by atoms with Crippen molar-refractivity contribution in [2.45, 2.75) is 13.1 Å². The summed E-state index contributed by atoms with van der Waals surface area (Å²) in [6.07, 6.45) is 0. The summed E-state index contributed by atoms with van der Waals surface area (Å²) in [4.78, 5) is 1.22. The molecule has 0 unspecified atom stereocenters. The molecule has 17 heavy (non-hydrogen) atoms. The minimum Gasteiger partial charge on any atom is -0.399 e. The predicted molar refractivity (Wildman–Crippen MR) is 73.4 cm³/mol. The highest BCUT2D eigenvalue weighted by atomic mass is 79.9. The SMILES string of the molecule is Nc1ccc(CNCc2cc(Br)cs2)c(F)c1. The highest BCUT2D eigenvalue weighted by molar-refractivity contribution is 9.10. The summed E-state index contributed by atoms with van der Waals surface area (Å²) in [7, 11) is 0. The molecule has 0 bridgehead atoms. The first kappa shape index (κ1) is 12.5. The Morgan fingerprint density at radius 2 is 2.12 bits per heavy atom. The van der Waals surface area contributed by atoms with Gasteiger partial charge in [-0.15, -0.1) is 11.3 Å². The van der Waals surface area contributed by atoms with Crippen LogP contribution in [-0.2, 0) is 13.1 Å². The van der Waals surface area contributed by atoms with Gasteiger partial charge in [-0.1, -0.05) is 6.07 Å². The molecule has 2 rings (SSSR count). The zero-order valence-corrected chi connectivity index (χ0v) is 11.4. The summed E-state index contributed by atoms with van der Waals surface area (Å²) < 4.78 is 14.5. The molecule has 0 saturated carbocycles. The molecule has 0 aliphatic heterocycles. The van der Waals surface area contributed by atoms with Crippen molar-refractivity contribution in [3.05, 3.63) is 50.4 Å². The van der Waals surface area contributed by atoms with Crippen LogP contribution in [0.1, 0.15) is 10.4 Å². The van der Waals surface area contributed by atoms with Gasteiger partial charge in [0.1, 0.15) is 5.82 Å². The lowest BCUT2D eigenvalue weighted by atomic mass is 10.2. The quantitative estimate of drug-likeness (QED) is 0.847. The van der Waals surface area contributed by atoms with Crippen LogP contribution in [0.4, 0.5) is 10.1 Å². The number of hydrogen-bond acceptors (Lipinski definition) is 3. The molecular weight excluding hydrogens is 303 g/mol. The van der Waals surface area contributed by atoms with Crippen LogP contribution in [0.3, 0.4) is 0 Å². The first-order chi connectivity index (χ1) is 8.15. The van der Waals surface area contributed by atoms with E-state index in [0.717, 1.165) is 11.0 Å². The maximum Gasteiger partial charge on any atom is 0.129 e. The van der Waals surface area contributed by atoms with Crippen LogP contribution in [0, 0.1) is 5.82 Å². The van der Waals surface area contributed by atoms with Crippen LogP contribution in [0.2, 0.25) is 0 Å². The summed E-state index contributed by atoms with van der Waals surface area (Å²) in [5.41, 5.74) is 6.57. The van der Waals surface area contributed by atoms with Gasteiger partial charge in [0.2, 0.25) is 0 Å². The minimum atomic E-state index is -0.259. The number of nitrogens with two attached hydrogens (primary N) is 1. The van der Waals surface area contributed by atoms with Gasteiger partial charge in [-0.05, 0) is 34.1 Å². The number of nitrogens with one attached hydrogen (secondary N) is 1. The maximum absolute atomic E-state index is 13.5. The van der Waals surface area contributed by atoms with Crippen molar-refractivity contribution in [3.8, 4) is 0 Å². The fraction of sp³-hybridized carbons (Fsp3) is 0.167. The van der Waals surface area contributed by atoms with Crippen LogP contribution >= 0.6 is 27.3 Å². The van der Waals surface area contributed by atoms with E-state index < -0.39 is 0 Å². The van der Waals surface area contributed by atoms with E-state index in [1.807, 2.05) is 5.38 Å². The number of hydrogen-bond donors (Lipinski definition) is 2. The van der Waals surface area contributed by atoms with Gasteiger partial charge in [-0.25, -0.2) is 4.39 Å². The number of rotatable bonds is 4. The molecule has 1 aromatic heterocycles. The largest absolute Gasteiger partial charge is 0.399 e. The van der Waals surface area contributed by atoms with Crippen molar-refractivity contribution in [3.63, 3.8) is 0 Å². The Kier molecular flexibility index (Phi) is 4.15. The van der Waals surface area contributed by atoms with E-state index in [4.69, 9.17) is 5.73 Å². The fourth-order valence-electron chi connectivity index (χ4n) is 1.47. The standard InChI is InChI=1S/C12H12BrFN2S/c13-9-3-11(17-7-9)6-16-5-8-1-2-10(15)4-12(8)14/h1-4,7,16H,5-6,15H2. The monoisotopic (exact) mass is 314 g/mol. The average Bonchev–Trinajstić information content (AvgIpc) is 2.68. The van der Waals surface area contributed by atoms with Gasteiger partial charge in [-0.3, -0.25) is 0 Å². The average molecular weight is 315 g/mol. The van der Waals surface area contributed by atoms with Crippen LogP contribution < -0.4 is 11.1 Å². The molecule has 0 radical (unpaired) electrons. The van der Waals surface area contributed by atoms with Crippen LogP contribution in [0.15, 0.2) is 34.1 Å². The Morgan fingerprint density at radius 3 is 2.76 bits per heavy atom. The third kappa shape index (κ3) is 3.52. The Balaban J connectivity index is 1.90. The van der Waals surface area contributed by atoms with E-state index in [9.17, 15) is 4.39 Å². The highest BCUT2D eigenvalue weighted by Crippen LogP contribution is 2.19. The molecule has 2 aromatic rings. The molecule has 0 aliphatic rings. The molecule has 0 atom stereocenters. The predicted octanol–water partition coefficient (Wildman–Crippen LogP) is 3.52. The molecule has 1 aromatic carbocycles. The molecule has 2 nitrogen and oxygen atoms in total. The van der Waals surface area contributed by atoms with Gasteiger partial charge in [0.15, 0.2) is 0 Å². The molecule has 0 saturated heterocycles. The minimum absolute atomic E-state index is 0.259. The first-order valence-corrected chi connectivity index (χ1v) is 6.80. The topological polar surface area (TPSA) is 38.0 Å². The second-order valence-corrected chi connectivity index (χ2v) is 5.60. The van der Waals surface area contributed by atoms with Gasteiger partial charge >= 0.3 is 0 Å². The first-order valence-electron chi connectivity index (χ1n) is 5.12. The maximum atomic E-state index is 13.5. The summed E-state index contributed by atoms with van der Waals surface area (Å²) in [5, 5.41) is 5.23. The molecule has 90 valence electrons. The van der Waals surface area contributed by atoms with Crippen LogP contribution in [0.5, 0.6) is 0 Å². The molecule has 0 fully saturated rings. The van der Waals surface area contributed by atoms with E-state index in [0.29, 0.717) is 17.8 Å². The Labute approximate surface area is 112 Å². The Morgan fingerprint density at radius 1 is 1.29 bits per heavy atom. The molecule has 1 heterocycles. The molecule has 0 amide bonds. The van der Waals surface area contributed by atoms with Gasteiger partial charge in [0.05, 0.1) is 0 Å². The van der Waals surface area contributed by atoms with Crippen molar-refractivity contribution in [1.29, 1.82) is 0 Å². The summed E-state index contributed by atoms with van der Waals surface area (Å²) in [6.45, 7) is 1.24. The normalized spacial score (nSPS) is 10.7. The Hall–Kier alpha value is -0.910. The second kappa shape index (κ2) is 5.62. The third-order valence-corrected chi connectivity index (χ3v) is 4.01.